The molecule has 0 aliphatic rings. The van der Waals surface area contributed by atoms with Crippen molar-refractivity contribution >= 4 is 23.2 Å². The second-order valence-corrected chi connectivity index (χ2v) is 7.80. The molecule has 0 saturated heterocycles. The van der Waals surface area contributed by atoms with E-state index in [0.29, 0.717) is 23.4 Å². The SMILES string of the molecule is NC(=O)C(c1ccccc1)N(CCCc1ccc(Cl)cn1)c1ccc(OC(F)F)c(OC(F)F)c1. The van der Waals surface area contributed by atoms with Crippen LogP contribution in [-0.2, 0) is 11.2 Å². The molecule has 0 spiro atoms. The highest BCUT2D eigenvalue weighted by molar-refractivity contribution is 6.30. The van der Waals surface area contributed by atoms with Crippen molar-refractivity contribution in [2.24, 2.45) is 5.73 Å². The zero-order chi connectivity index (χ0) is 25.4. The van der Waals surface area contributed by atoms with E-state index in [-0.39, 0.29) is 12.2 Å². The van der Waals surface area contributed by atoms with Gasteiger partial charge in [-0.15, -0.1) is 0 Å². The predicted octanol–water partition coefficient (Wildman–Crippen LogP) is 5.60. The van der Waals surface area contributed by atoms with Crippen molar-refractivity contribution in [1.82, 2.24) is 4.98 Å². The Morgan fingerprint density at radius 1 is 0.971 bits per heavy atom. The van der Waals surface area contributed by atoms with Gasteiger partial charge in [0.1, 0.15) is 6.04 Å². The molecule has 11 heteroatoms. The van der Waals surface area contributed by atoms with Gasteiger partial charge < -0.3 is 20.1 Å². The average molecular weight is 512 g/mol. The minimum Gasteiger partial charge on any atom is -0.431 e. The molecule has 0 aliphatic carbocycles. The highest BCUT2D eigenvalue weighted by Crippen LogP contribution is 2.37. The maximum absolute atomic E-state index is 13.0. The van der Waals surface area contributed by atoms with Crippen molar-refractivity contribution in [2.75, 3.05) is 11.4 Å². The van der Waals surface area contributed by atoms with E-state index in [4.69, 9.17) is 17.3 Å². The molecule has 0 fully saturated rings. The topological polar surface area (TPSA) is 77.7 Å². The third-order valence-electron chi connectivity index (χ3n) is 5.01. The number of hydrogen-bond acceptors (Lipinski definition) is 5. The number of benzene rings is 2. The molecule has 2 N–H and O–H groups in total. The maximum Gasteiger partial charge on any atom is 0.387 e. The first-order chi connectivity index (χ1) is 16.7. The van der Waals surface area contributed by atoms with Crippen molar-refractivity contribution in [1.29, 1.82) is 0 Å². The minimum atomic E-state index is -3.28. The molecule has 186 valence electrons. The Labute approximate surface area is 204 Å². The lowest BCUT2D eigenvalue weighted by molar-refractivity contribution is -0.119. The largest absolute Gasteiger partial charge is 0.431 e. The summed E-state index contributed by atoms with van der Waals surface area (Å²) in [5, 5.41) is 0.492. The number of alkyl halides is 4. The summed E-state index contributed by atoms with van der Waals surface area (Å²) in [6.45, 7) is -6.28. The molecule has 0 radical (unpaired) electrons. The van der Waals surface area contributed by atoms with Gasteiger partial charge in [-0.1, -0.05) is 41.9 Å². The number of amides is 1. The van der Waals surface area contributed by atoms with E-state index >= 15 is 0 Å². The summed E-state index contributed by atoms with van der Waals surface area (Å²) < 4.78 is 60.2. The van der Waals surface area contributed by atoms with Crippen molar-refractivity contribution < 1.29 is 31.8 Å². The van der Waals surface area contributed by atoms with Crippen LogP contribution in [0.5, 0.6) is 11.5 Å². The molecular formula is C24H22ClF4N3O3. The second-order valence-electron chi connectivity index (χ2n) is 7.37. The lowest BCUT2D eigenvalue weighted by Gasteiger charge is -2.32. The van der Waals surface area contributed by atoms with Crippen LogP contribution in [0.25, 0.3) is 0 Å². The monoisotopic (exact) mass is 511 g/mol. The summed E-state index contributed by atoms with van der Waals surface area (Å²) in [6, 6.07) is 14.7. The number of ether oxygens (including phenoxy) is 2. The summed E-state index contributed by atoms with van der Waals surface area (Å²) in [5.74, 6) is -1.85. The Morgan fingerprint density at radius 2 is 1.66 bits per heavy atom. The number of nitrogens with zero attached hydrogens (tertiary/aromatic N) is 2. The van der Waals surface area contributed by atoms with E-state index in [0.717, 1.165) is 17.8 Å². The average Bonchev–Trinajstić information content (AvgIpc) is 2.80. The molecule has 3 aromatic rings. The second kappa shape index (κ2) is 12.3. The standard InChI is InChI=1S/C24H22ClF4N3O3/c25-16-8-9-17(31-14-16)7-4-12-32(21(22(30)33)15-5-2-1-3-6-15)18-10-11-19(34-23(26)27)20(13-18)35-24(28)29/h1-3,5-6,8-11,13-14,21,23-24H,4,7,12H2,(H2,30,33). The maximum atomic E-state index is 13.0. The van der Waals surface area contributed by atoms with Gasteiger partial charge in [-0.25, -0.2) is 0 Å². The van der Waals surface area contributed by atoms with Gasteiger partial charge in [0.15, 0.2) is 11.5 Å². The van der Waals surface area contributed by atoms with Crippen molar-refractivity contribution in [3.05, 3.63) is 83.1 Å². The van der Waals surface area contributed by atoms with Gasteiger partial charge in [0.25, 0.3) is 0 Å². The number of rotatable bonds is 12. The first kappa shape index (κ1) is 26.1. The van der Waals surface area contributed by atoms with Gasteiger partial charge in [0, 0.05) is 30.2 Å². The van der Waals surface area contributed by atoms with Crippen LogP contribution in [0.15, 0.2) is 66.9 Å². The molecule has 0 saturated carbocycles. The summed E-state index contributed by atoms with van der Waals surface area (Å²) in [4.78, 5) is 18.4. The highest BCUT2D eigenvalue weighted by Gasteiger charge is 2.27. The fraction of sp³-hybridized carbons (Fsp3) is 0.250. The van der Waals surface area contributed by atoms with E-state index in [2.05, 4.69) is 14.5 Å². The van der Waals surface area contributed by atoms with Gasteiger partial charge in [0.2, 0.25) is 5.91 Å². The Hall–Kier alpha value is -3.53. The van der Waals surface area contributed by atoms with Crippen LogP contribution in [-0.4, -0.2) is 30.7 Å². The molecule has 1 aromatic heterocycles. The van der Waals surface area contributed by atoms with Crippen LogP contribution in [0, 0.1) is 0 Å². The van der Waals surface area contributed by atoms with Gasteiger partial charge in [-0.3, -0.25) is 9.78 Å². The summed E-state index contributed by atoms with van der Waals surface area (Å²) >= 11 is 5.87. The molecule has 6 nitrogen and oxygen atoms in total. The molecule has 0 bridgehead atoms. The molecule has 1 atom stereocenters. The zero-order valence-corrected chi connectivity index (χ0v) is 19.0. The van der Waals surface area contributed by atoms with Gasteiger partial charge in [0.05, 0.1) is 5.02 Å². The lowest BCUT2D eigenvalue weighted by atomic mass is 10.0. The minimum absolute atomic E-state index is 0.246. The van der Waals surface area contributed by atoms with Crippen LogP contribution in [0.1, 0.15) is 23.7 Å². The molecule has 1 heterocycles. The summed E-state index contributed by atoms with van der Waals surface area (Å²) in [6.07, 6.45) is 2.52. The molecule has 3 rings (SSSR count). The Bertz CT molecular complexity index is 1100. The van der Waals surface area contributed by atoms with Gasteiger partial charge in [-0.2, -0.15) is 17.6 Å². The number of halogens is 5. The smallest absolute Gasteiger partial charge is 0.387 e. The van der Waals surface area contributed by atoms with Crippen LogP contribution in [0.4, 0.5) is 23.2 Å². The first-order valence-electron chi connectivity index (χ1n) is 10.5. The van der Waals surface area contributed by atoms with Gasteiger partial charge >= 0.3 is 13.2 Å². The number of aromatic nitrogens is 1. The lowest BCUT2D eigenvalue weighted by Crippen LogP contribution is -2.38. The first-order valence-corrected chi connectivity index (χ1v) is 10.9. The molecule has 2 aromatic carbocycles. The number of pyridine rings is 1. The molecule has 1 amide bonds. The number of carbonyl (C=O) groups excluding carboxylic acids is 1. The van der Waals surface area contributed by atoms with Crippen molar-refractivity contribution in [3.8, 4) is 11.5 Å². The number of hydrogen-bond donors (Lipinski definition) is 1. The molecule has 0 aliphatic heterocycles. The number of primary amides is 1. The van der Waals surface area contributed by atoms with E-state index in [1.54, 1.807) is 47.4 Å². The summed E-state index contributed by atoms with van der Waals surface area (Å²) in [5.41, 5.74) is 7.31. The number of nitrogens with two attached hydrogens (primary N) is 1. The van der Waals surface area contributed by atoms with Crippen LogP contribution < -0.4 is 20.1 Å². The van der Waals surface area contributed by atoms with E-state index in [9.17, 15) is 22.4 Å². The number of anilines is 1. The fourth-order valence-electron chi connectivity index (χ4n) is 3.58. The van der Waals surface area contributed by atoms with E-state index in [1.165, 1.54) is 12.3 Å². The van der Waals surface area contributed by atoms with Crippen LogP contribution in [0.3, 0.4) is 0 Å². The molecule has 1 unspecified atom stereocenters. The number of aryl methyl sites for hydroxylation is 1. The quantitative estimate of drug-likeness (QED) is 0.320. The van der Waals surface area contributed by atoms with E-state index in [1.807, 2.05) is 0 Å². The third-order valence-corrected chi connectivity index (χ3v) is 5.23. The fourth-order valence-corrected chi connectivity index (χ4v) is 3.69. The zero-order valence-electron chi connectivity index (χ0n) is 18.3. The Kier molecular flexibility index (Phi) is 9.13. The highest BCUT2D eigenvalue weighted by atomic mass is 35.5. The Morgan fingerprint density at radius 3 is 2.26 bits per heavy atom. The van der Waals surface area contributed by atoms with E-state index < -0.39 is 36.7 Å². The predicted molar refractivity (Wildman–Crippen MR) is 123 cm³/mol. The van der Waals surface area contributed by atoms with Gasteiger partial charge in [-0.05, 0) is 42.7 Å². The molecular weight excluding hydrogens is 490 g/mol. The molecule has 35 heavy (non-hydrogen) atoms. The summed E-state index contributed by atoms with van der Waals surface area (Å²) in [7, 11) is 0. The number of carbonyl (C=O) groups is 1. The van der Waals surface area contributed by atoms with Crippen LogP contribution >= 0.6 is 11.6 Å². The van der Waals surface area contributed by atoms with Crippen molar-refractivity contribution in [3.63, 3.8) is 0 Å². The van der Waals surface area contributed by atoms with Crippen molar-refractivity contribution in [2.45, 2.75) is 32.1 Å². The Balaban J connectivity index is 1.97. The normalized spacial score (nSPS) is 12.0. The third kappa shape index (κ3) is 7.48. The van der Waals surface area contributed by atoms with Crippen LogP contribution in [0.2, 0.25) is 5.02 Å².